The largest absolute Gasteiger partial charge is 0.497 e. The van der Waals surface area contributed by atoms with Crippen LogP contribution in [0.3, 0.4) is 0 Å². The van der Waals surface area contributed by atoms with Gasteiger partial charge >= 0.3 is 5.69 Å². The number of nitrogens with zero attached hydrogens (tertiary/aromatic N) is 5. The molecule has 0 aliphatic rings. The van der Waals surface area contributed by atoms with Crippen molar-refractivity contribution in [3.8, 4) is 5.75 Å². The van der Waals surface area contributed by atoms with Gasteiger partial charge < -0.3 is 19.1 Å². The number of imidazole rings is 1. The second kappa shape index (κ2) is 10.0. The van der Waals surface area contributed by atoms with E-state index >= 15 is 0 Å². The second-order valence-corrected chi connectivity index (χ2v) is 8.00. The summed E-state index contributed by atoms with van der Waals surface area (Å²) in [6, 6.07) is 7.39. The number of methoxy groups -OCH3 is 1. The number of fused-ring (bicyclic) bond motifs is 1. The number of aliphatic hydroxyl groups is 1. The highest BCUT2D eigenvalue weighted by Crippen LogP contribution is 2.18. The molecule has 11 heteroatoms. The molecule has 3 rings (SSSR count). The minimum atomic E-state index is -0.904. The summed E-state index contributed by atoms with van der Waals surface area (Å²) in [5.41, 5.74) is 3.79. The smallest absolute Gasteiger partial charge is 0.332 e. The predicted molar refractivity (Wildman–Crippen MR) is 126 cm³/mol. The molecule has 0 saturated heterocycles. The van der Waals surface area contributed by atoms with Crippen LogP contribution in [0.2, 0.25) is 0 Å². The summed E-state index contributed by atoms with van der Waals surface area (Å²) < 4.78 is 14.5. The van der Waals surface area contributed by atoms with Gasteiger partial charge in [0.2, 0.25) is 5.95 Å². The number of aromatic nitrogens is 4. The highest BCUT2D eigenvalue weighted by atomic mass is 16.5. The van der Waals surface area contributed by atoms with Crippen LogP contribution in [0.4, 0.5) is 5.95 Å². The van der Waals surface area contributed by atoms with E-state index in [1.807, 2.05) is 45.0 Å². The zero-order valence-corrected chi connectivity index (χ0v) is 19.7. The van der Waals surface area contributed by atoms with Gasteiger partial charge in [0.25, 0.3) is 5.56 Å². The number of anilines is 1. The summed E-state index contributed by atoms with van der Waals surface area (Å²) in [4.78, 5) is 29.7. The highest BCUT2D eigenvalue weighted by molar-refractivity contribution is 5.99. The molecule has 0 spiro atoms. The van der Waals surface area contributed by atoms with Crippen LogP contribution in [0, 0.1) is 0 Å². The van der Waals surface area contributed by atoms with E-state index in [0.717, 1.165) is 15.9 Å². The maximum atomic E-state index is 12.9. The first-order chi connectivity index (χ1) is 15.6. The van der Waals surface area contributed by atoms with Gasteiger partial charge in [-0.15, -0.1) is 0 Å². The van der Waals surface area contributed by atoms with Crippen LogP contribution in [0.15, 0.2) is 39.0 Å². The Morgan fingerprint density at radius 1 is 1.18 bits per heavy atom. The molecule has 0 fully saturated rings. The lowest BCUT2D eigenvalue weighted by Crippen LogP contribution is -2.38. The third kappa shape index (κ3) is 5.15. The molecule has 0 bridgehead atoms. The van der Waals surface area contributed by atoms with E-state index in [1.54, 1.807) is 7.11 Å². The lowest BCUT2D eigenvalue weighted by Gasteiger charge is -2.16. The Morgan fingerprint density at radius 2 is 1.85 bits per heavy atom. The van der Waals surface area contributed by atoms with Gasteiger partial charge in [-0.05, 0) is 50.6 Å². The third-order valence-corrected chi connectivity index (χ3v) is 5.19. The molecule has 1 atom stereocenters. The molecule has 178 valence electrons. The SMILES string of the molecule is COc1ccc(C(C)=NNc2nc3c(c(=O)n(C)c(=O)n3C)n2CC(O)COC(C)C)cc1. The molecule has 0 radical (unpaired) electrons. The van der Waals surface area contributed by atoms with Crippen molar-refractivity contribution in [1.82, 2.24) is 18.7 Å². The molecule has 1 unspecified atom stereocenters. The van der Waals surface area contributed by atoms with E-state index in [9.17, 15) is 14.7 Å². The van der Waals surface area contributed by atoms with Gasteiger partial charge in [0.15, 0.2) is 11.2 Å². The van der Waals surface area contributed by atoms with Crippen LogP contribution in [-0.4, -0.2) is 55.4 Å². The van der Waals surface area contributed by atoms with Gasteiger partial charge in [-0.25, -0.2) is 10.2 Å². The normalized spacial score (nSPS) is 13.0. The molecule has 3 aromatic rings. The number of hydrazone groups is 1. The van der Waals surface area contributed by atoms with Gasteiger partial charge in [0, 0.05) is 14.1 Å². The fraction of sp³-hybridized carbons (Fsp3) is 0.455. The summed E-state index contributed by atoms with van der Waals surface area (Å²) >= 11 is 0. The Morgan fingerprint density at radius 3 is 2.45 bits per heavy atom. The maximum absolute atomic E-state index is 12.9. The lowest BCUT2D eigenvalue weighted by molar-refractivity contribution is -0.000110. The van der Waals surface area contributed by atoms with Crippen molar-refractivity contribution < 1.29 is 14.6 Å². The second-order valence-electron chi connectivity index (χ2n) is 8.00. The Bertz CT molecular complexity index is 1270. The third-order valence-electron chi connectivity index (χ3n) is 5.19. The Labute approximate surface area is 190 Å². The topological polar surface area (TPSA) is 125 Å². The van der Waals surface area contributed by atoms with Crippen molar-refractivity contribution in [1.29, 1.82) is 0 Å². The fourth-order valence-electron chi connectivity index (χ4n) is 3.31. The zero-order valence-electron chi connectivity index (χ0n) is 19.7. The number of rotatable bonds is 9. The van der Waals surface area contributed by atoms with Gasteiger partial charge in [-0.2, -0.15) is 10.1 Å². The number of ether oxygens (including phenoxy) is 2. The van der Waals surface area contributed by atoms with E-state index in [-0.39, 0.29) is 36.4 Å². The Balaban J connectivity index is 2.03. The number of hydrogen-bond donors (Lipinski definition) is 2. The van der Waals surface area contributed by atoms with Gasteiger partial charge in [0.1, 0.15) is 5.75 Å². The first-order valence-electron chi connectivity index (χ1n) is 10.5. The van der Waals surface area contributed by atoms with Crippen LogP contribution in [-0.2, 0) is 25.4 Å². The standard InChI is InChI=1S/C22H30N6O5/c1-13(2)33-12-16(29)11-28-18-19(26(4)22(31)27(5)20(18)30)23-21(28)25-24-14(3)15-7-9-17(32-6)10-8-15/h7-10,13,16,29H,11-12H2,1-6H3,(H,23,25). The number of aryl methyl sites for hydroxylation is 1. The molecule has 1 aromatic carbocycles. The van der Waals surface area contributed by atoms with Crippen molar-refractivity contribution in [2.45, 2.75) is 39.5 Å². The first-order valence-corrected chi connectivity index (χ1v) is 10.5. The average Bonchev–Trinajstić information content (AvgIpc) is 3.16. The van der Waals surface area contributed by atoms with Crippen LogP contribution in [0.1, 0.15) is 26.3 Å². The molecular formula is C22H30N6O5. The van der Waals surface area contributed by atoms with Gasteiger partial charge in [-0.3, -0.25) is 13.9 Å². The summed E-state index contributed by atoms with van der Waals surface area (Å²) in [6.07, 6.45) is -0.957. The number of benzene rings is 1. The maximum Gasteiger partial charge on any atom is 0.332 e. The minimum Gasteiger partial charge on any atom is -0.497 e. The highest BCUT2D eigenvalue weighted by Gasteiger charge is 2.21. The Hall–Kier alpha value is -3.44. The van der Waals surface area contributed by atoms with Crippen molar-refractivity contribution in [3.63, 3.8) is 0 Å². The number of aliphatic hydroxyl groups excluding tert-OH is 1. The van der Waals surface area contributed by atoms with Crippen molar-refractivity contribution in [2.24, 2.45) is 19.2 Å². The molecule has 33 heavy (non-hydrogen) atoms. The molecule has 11 nitrogen and oxygen atoms in total. The van der Waals surface area contributed by atoms with Gasteiger partial charge in [-0.1, -0.05) is 0 Å². The van der Waals surface area contributed by atoms with Crippen LogP contribution in [0.25, 0.3) is 11.2 Å². The zero-order chi connectivity index (χ0) is 24.3. The molecule has 0 saturated carbocycles. The van der Waals surface area contributed by atoms with Crippen LogP contribution >= 0.6 is 0 Å². The van der Waals surface area contributed by atoms with Gasteiger partial charge in [0.05, 0.1) is 38.2 Å². The predicted octanol–water partition coefficient (Wildman–Crippen LogP) is 1.06. The van der Waals surface area contributed by atoms with Crippen molar-refractivity contribution in [2.75, 3.05) is 19.1 Å². The van der Waals surface area contributed by atoms with Crippen molar-refractivity contribution in [3.05, 3.63) is 50.7 Å². The molecule has 0 amide bonds. The molecule has 2 heterocycles. The van der Waals surface area contributed by atoms with E-state index in [4.69, 9.17) is 9.47 Å². The molecule has 2 aromatic heterocycles. The lowest BCUT2D eigenvalue weighted by atomic mass is 10.1. The number of nitrogens with one attached hydrogen (secondary N) is 1. The summed E-state index contributed by atoms with van der Waals surface area (Å²) in [7, 11) is 4.54. The van der Waals surface area contributed by atoms with Crippen molar-refractivity contribution >= 4 is 22.8 Å². The minimum absolute atomic E-state index is 0.0239. The summed E-state index contributed by atoms with van der Waals surface area (Å²) in [5.74, 6) is 0.954. The fourth-order valence-corrected chi connectivity index (χ4v) is 3.31. The average molecular weight is 459 g/mol. The molecular weight excluding hydrogens is 428 g/mol. The van der Waals surface area contributed by atoms with Crippen LogP contribution < -0.4 is 21.4 Å². The number of hydrogen-bond acceptors (Lipinski definition) is 8. The first kappa shape index (κ1) is 24.2. The molecule has 0 aliphatic carbocycles. The van der Waals surface area contributed by atoms with E-state index in [2.05, 4.69) is 15.5 Å². The molecule has 0 aliphatic heterocycles. The van der Waals surface area contributed by atoms with Crippen LogP contribution in [0.5, 0.6) is 5.75 Å². The quantitative estimate of drug-likeness (QED) is 0.363. The summed E-state index contributed by atoms with van der Waals surface area (Å²) in [6.45, 7) is 5.66. The van der Waals surface area contributed by atoms with E-state index < -0.39 is 17.4 Å². The monoisotopic (exact) mass is 458 g/mol. The Kier molecular flexibility index (Phi) is 7.34. The molecule has 2 N–H and O–H groups in total. The summed E-state index contributed by atoms with van der Waals surface area (Å²) in [5, 5.41) is 14.9. The van der Waals surface area contributed by atoms with E-state index in [0.29, 0.717) is 5.71 Å². The van der Waals surface area contributed by atoms with E-state index in [1.165, 1.54) is 23.2 Å².